The molecule has 5 heteroatoms. The molecule has 108 valence electrons. The van der Waals surface area contributed by atoms with Crippen LogP contribution in [0.5, 0.6) is 11.5 Å². The first kappa shape index (κ1) is 14.4. The standard InChI is InChI=1S/C15H21N3O2/c1-18-9-7-13(17-18)6-8-16-11-12-4-5-14(19-2)10-15(12)20-3/h4-5,7,9-10,16H,6,8,11H2,1-3H3. The highest BCUT2D eigenvalue weighted by Crippen LogP contribution is 2.24. The minimum absolute atomic E-state index is 0.764. The highest BCUT2D eigenvalue weighted by molar-refractivity contribution is 5.40. The molecule has 5 nitrogen and oxygen atoms in total. The van der Waals surface area contributed by atoms with Crippen molar-refractivity contribution in [1.29, 1.82) is 0 Å². The van der Waals surface area contributed by atoms with Crippen molar-refractivity contribution in [3.05, 3.63) is 41.7 Å². The van der Waals surface area contributed by atoms with Crippen molar-refractivity contribution >= 4 is 0 Å². The zero-order chi connectivity index (χ0) is 14.4. The summed E-state index contributed by atoms with van der Waals surface area (Å²) < 4.78 is 12.4. The SMILES string of the molecule is COc1ccc(CNCCc2ccn(C)n2)c(OC)c1. The van der Waals surface area contributed by atoms with Gasteiger partial charge in [-0.1, -0.05) is 6.07 Å². The molecule has 0 fully saturated rings. The van der Waals surface area contributed by atoms with Crippen LogP contribution in [0.25, 0.3) is 0 Å². The second-order valence-electron chi connectivity index (χ2n) is 4.59. The number of nitrogens with one attached hydrogen (secondary N) is 1. The predicted molar refractivity (Wildman–Crippen MR) is 78.2 cm³/mol. The third-order valence-electron chi connectivity index (χ3n) is 3.14. The van der Waals surface area contributed by atoms with Gasteiger partial charge in [0.05, 0.1) is 19.9 Å². The summed E-state index contributed by atoms with van der Waals surface area (Å²) in [5, 5.41) is 7.75. The molecule has 2 rings (SSSR count). The van der Waals surface area contributed by atoms with Crippen molar-refractivity contribution in [3.8, 4) is 11.5 Å². The molecular formula is C15H21N3O2. The molecule has 0 saturated carbocycles. The lowest BCUT2D eigenvalue weighted by Gasteiger charge is -2.11. The molecule has 0 radical (unpaired) electrons. The van der Waals surface area contributed by atoms with Gasteiger partial charge in [0.15, 0.2) is 0 Å². The quantitative estimate of drug-likeness (QED) is 0.782. The van der Waals surface area contributed by atoms with Gasteiger partial charge in [0.25, 0.3) is 0 Å². The minimum atomic E-state index is 0.764. The van der Waals surface area contributed by atoms with Crippen molar-refractivity contribution in [2.45, 2.75) is 13.0 Å². The Balaban J connectivity index is 1.84. The van der Waals surface area contributed by atoms with Gasteiger partial charge in [-0.15, -0.1) is 0 Å². The van der Waals surface area contributed by atoms with Crippen molar-refractivity contribution in [1.82, 2.24) is 15.1 Å². The molecule has 1 heterocycles. The molecule has 0 spiro atoms. The molecule has 1 N–H and O–H groups in total. The molecule has 0 unspecified atom stereocenters. The third-order valence-corrected chi connectivity index (χ3v) is 3.14. The van der Waals surface area contributed by atoms with Gasteiger partial charge in [-0.05, 0) is 12.1 Å². The van der Waals surface area contributed by atoms with E-state index < -0.39 is 0 Å². The van der Waals surface area contributed by atoms with Crippen molar-refractivity contribution in [2.75, 3.05) is 20.8 Å². The highest BCUT2D eigenvalue weighted by atomic mass is 16.5. The molecule has 1 aromatic carbocycles. The smallest absolute Gasteiger partial charge is 0.127 e. The molecule has 0 aliphatic carbocycles. The van der Waals surface area contributed by atoms with Crippen LogP contribution in [-0.4, -0.2) is 30.5 Å². The first-order chi connectivity index (χ1) is 9.72. The van der Waals surface area contributed by atoms with Gasteiger partial charge < -0.3 is 14.8 Å². The van der Waals surface area contributed by atoms with Gasteiger partial charge in [-0.25, -0.2) is 0 Å². The molecular weight excluding hydrogens is 254 g/mol. The largest absolute Gasteiger partial charge is 0.497 e. The maximum absolute atomic E-state index is 5.37. The van der Waals surface area contributed by atoms with E-state index in [0.717, 1.165) is 42.3 Å². The molecule has 0 amide bonds. The van der Waals surface area contributed by atoms with Crippen molar-refractivity contribution < 1.29 is 9.47 Å². The second-order valence-corrected chi connectivity index (χ2v) is 4.59. The van der Waals surface area contributed by atoms with Gasteiger partial charge >= 0.3 is 0 Å². The van der Waals surface area contributed by atoms with Crippen molar-refractivity contribution in [3.63, 3.8) is 0 Å². The minimum Gasteiger partial charge on any atom is -0.497 e. The fraction of sp³-hybridized carbons (Fsp3) is 0.400. The van der Waals surface area contributed by atoms with E-state index in [-0.39, 0.29) is 0 Å². The number of hydrogen-bond acceptors (Lipinski definition) is 4. The number of benzene rings is 1. The summed E-state index contributed by atoms with van der Waals surface area (Å²) in [5.74, 6) is 1.65. The van der Waals surface area contributed by atoms with E-state index in [0.29, 0.717) is 0 Å². The Hall–Kier alpha value is -2.01. The van der Waals surface area contributed by atoms with Gasteiger partial charge in [-0.3, -0.25) is 4.68 Å². The fourth-order valence-electron chi connectivity index (χ4n) is 2.03. The second kappa shape index (κ2) is 6.96. The van der Waals surface area contributed by atoms with Crippen LogP contribution in [0.15, 0.2) is 30.5 Å². The zero-order valence-corrected chi connectivity index (χ0v) is 12.2. The average molecular weight is 275 g/mol. The summed E-state index contributed by atoms with van der Waals surface area (Å²) in [6.45, 7) is 1.65. The fourth-order valence-corrected chi connectivity index (χ4v) is 2.03. The predicted octanol–water partition coefficient (Wildman–Crippen LogP) is 1.77. The Morgan fingerprint density at radius 3 is 2.70 bits per heavy atom. The Morgan fingerprint density at radius 2 is 2.05 bits per heavy atom. The van der Waals surface area contributed by atoms with Crippen LogP contribution in [0.2, 0.25) is 0 Å². The van der Waals surface area contributed by atoms with Gasteiger partial charge in [0.1, 0.15) is 11.5 Å². The van der Waals surface area contributed by atoms with Gasteiger partial charge in [0.2, 0.25) is 0 Å². The van der Waals surface area contributed by atoms with Crippen molar-refractivity contribution in [2.24, 2.45) is 7.05 Å². The van der Waals surface area contributed by atoms with E-state index in [4.69, 9.17) is 9.47 Å². The summed E-state index contributed by atoms with van der Waals surface area (Å²) in [6, 6.07) is 7.90. The molecule has 0 bridgehead atoms. The molecule has 0 saturated heterocycles. The van der Waals surface area contributed by atoms with E-state index in [1.807, 2.05) is 42.2 Å². The topological polar surface area (TPSA) is 48.3 Å². The lowest BCUT2D eigenvalue weighted by molar-refractivity contribution is 0.390. The van der Waals surface area contributed by atoms with E-state index in [1.165, 1.54) is 0 Å². The summed E-state index contributed by atoms with van der Waals surface area (Å²) in [7, 11) is 5.25. The molecule has 20 heavy (non-hydrogen) atoms. The summed E-state index contributed by atoms with van der Waals surface area (Å²) in [4.78, 5) is 0. The van der Waals surface area contributed by atoms with E-state index in [9.17, 15) is 0 Å². The van der Waals surface area contributed by atoms with E-state index in [1.54, 1.807) is 14.2 Å². The maximum Gasteiger partial charge on any atom is 0.127 e. The molecule has 0 aliphatic rings. The Morgan fingerprint density at radius 1 is 1.20 bits per heavy atom. The maximum atomic E-state index is 5.37. The number of methoxy groups -OCH3 is 2. The molecule has 0 atom stereocenters. The summed E-state index contributed by atoms with van der Waals surface area (Å²) in [6.07, 6.45) is 2.88. The Bertz CT molecular complexity index is 552. The number of hydrogen-bond donors (Lipinski definition) is 1. The van der Waals surface area contributed by atoms with Crippen LogP contribution in [-0.2, 0) is 20.0 Å². The Kier molecular flexibility index (Phi) is 5.01. The molecule has 1 aromatic heterocycles. The number of nitrogens with zero attached hydrogens (tertiary/aromatic N) is 2. The van der Waals surface area contributed by atoms with Crippen LogP contribution >= 0.6 is 0 Å². The van der Waals surface area contributed by atoms with E-state index in [2.05, 4.69) is 10.4 Å². The number of rotatable bonds is 7. The third kappa shape index (κ3) is 3.74. The highest BCUT2D eigenvalue weighted by Gasteiger charge is 2.04. The molecule has 2 aromatic rings. The van der Waals surface area contributed by atoms with Gasteiger partial charge in [0, 0.05) is 44.4 Å². The lowest BCUT2D eigenvalue weighted by atomic mass is 10.2. The first-order valence-corrected chi connectivity index (χ1v) is 6.63. The van der Waals surface area contributed by atoms with Crippen LogP contribution in [0.4, 0.5) is 0 Å². The average Bonchev–Trinajstić information content (AvgIpc) is 2.89. The summed E-state index contributed by atoms with van der Waals surface area (Å²) >= 11 is 0. The zero-order valence-electron chi connectivity index (χ0n) is 12.2. The molecule has 0 aliphatic heterocycles. The number of aromatic nitrogens is 2. The summed E-state index contributed by atoms with van der Waals surface area (Å²) in [5.41, 5.74) is 2.22. The lowest BCUT2D eigenvalue weighted by Crippen LogP contribution is -2.17. The normalized spacial score (nSPS) is 10.6. The van der Waals surface area contributed by atoms with Crippen LogP contribution in [0, 0.1) is 0 Å². The Labute approximate surface area is 119 Å². The van der Waals surface area contributed by atoms with E-state index >= 15 is 0 Å². The van der Waals surface area contributed by atoms with Crippen LogP contribution < -0.4 is 14.8 Å². The number of ether oxygens (including phenoxy) is 2. The van der Waals surface area contributed by atoms with Crippen LogP contribution in [0.3, 0.4) is 0 Å². The van der Waals surface area contributed by atoms with Crippen LogP contribution in [0.1, 0.15) is 11.3 Å². The monoisotopic (exact) mass is 275 g/mol. The number of aryl methyl sites for hydroxylation is 1. The van der Waals surface area contributed by atoms with Gasteiger partial charge in [-0.2, -0.15) is 5.10 Å². The first-order valence-electron chi connectivity index (χ1n) is 6.63.